The predicted molar refractivity (Wildman–Crippen MR) is 61.6 cm³/mol. The van der Waals surface area contributed by atoms with E-state index in [-0.39, 0.29) is 15.6 Å². The van der Waals surface area contributed by atoms with Gasteiger partial charge in [0, 0.05) is 11.1 Å². The summed E-state index contributed by atoms with van der Waals surface area (Å²) in [6, 6.07) is 2.10. The van der Waals surface area contributed by atoms with Crippen molar-refractivity contribution < 1.29 is 13.6 Å². The maximum atomic E-state index is 13.3. The number of nitrogens with one attached hydrogen (secondary N) is 1. The van der Waals surface area contributed by atoms with Gasteiger partial charge in [-0.05, 0) is 53.2 Å². The van der Waals surface area contributed by atoms with Crippen molar-refractivity contribution in [1.82, 2.24) is 5.32 Å². The fourth-order valence-corrected chi connectivity index (χ4v) is 2.86. The summed E-state index contributed by atoms with van der Waals surface area (Å²) in [5.74, 6) is -1.16. The Bertz CT molecular complexity index is 477. The molecule has 3 saturated carbocycles. The molecule has 2 bridgehead atoms. The molecule has 3 aliphatic carbocycles. The molecule has 0 saturated heterocycles. The molecule has 0 aromatic heterocycles. The molecule has 0 heterocycles. The van der Waals surface area contributed by atoms with Gasteiger partial charge in [0.2, 0.25) is 0 Å². The average Bonchev–Trinajstić information content (AvgIpc) is 2.17. The number of halogens is 3. The van der Waals surface area contributed by atoms with Crippen LogP contribution in [0.25, 0.3) is 0 Å². The molecule has 17 heavy (non-hydrogen) atoms. The Morgan fingerprint density at radius 1 is 1.29 bits per heavy atom. The van der Waals surface area contributed by atoms with Crippen LogP contribution in [-0.4, -0.2) is 11.4 Å². The number of carbonyl (C=O) groups is 1. The van der Waals surface area contributed by atoms with E-state index in [1.54, 1.807) is 0 Å². The summed E-state index contributed by atoms with van der Waals surface area (Å²) in [5.41, 5.74) is -0.0465. The van der Waals surface area contributed by atoms with Crippen molar-refractivity contribution in [3.63, 3.8) is 0 Å². The van der Waals surface area contributed by atoms with Gasteiger partial charge in [0.25, 0.3) is 5.91 Å². The lowest BCUT2D eigenvalue weighted by Gasteiger charge is -2.61. The van der Waals surface area contributed by atoms with Gasteiger partial charge in [-0.1, -0.05) is 0 Å². The summed E-state index contributed by atoms with van der Waals surface area (Å²) in [4.78, 5) is 11.8. The van der Waals surface area contributed by atoms with Gasteiger partial charge < -0.3 is 5.32 Å². The molecule has 1 N–H and O–H groups in total. The third-order valence-electron chi connectivity index (χ3n) is 3.66. The zero-order valence-corrected chi connectivity index (χ0v) is 10.5. The van der Waals surface area contributed by atoms with Gasteiger partial charge in [0.1, 0.15) is 11.6 Å². The number of rotatable bonds is 2. The highest BCUT2D eigenvalue weighted by Crippen LogP contribution is 2.56. The molecule has 1 aromatic carbocycles. The van der Waals surface area contributed by atoms with Gasteiger partial charge in [0.05, 0.1) is 4.47 Å². The molecular formula is C12H10BrF2NO. The highest BCUT2D eigenvalue weighted by molar-refractivity contribution is 9.10. The summed E-state index contributed by atoms with van der Waals surface area (Å²) < 4.78 is 26.3. The van der Waals surface area contributed by atoms with Gasteiger partial charge in [0.15, 0.2) is 0 Å². The SMILES string of the molecule is O=C(NC12CC(C1)C2)c1cc(F)c(Br)c(F)c1. The van der Waals surface area contributed by atoms with Crippen molar-refractivity contribution in [3.8, 4) is 0 Å². The van der Waals surface area contributed by atoms with Gasteiger partial charge in [-0.2, -0.15) is 0 Å². The molecule has 0 radical (unpaired) electrons. The van der Waals surface area contributed by atoms with Crippen molar-refractivity contribution >= 4 is 21.8 Å². The van der Waals surface area contributed by atoms with Crippen LogP contribution in [0.4, 0.5) is 8.78 Å². The van der Waals surface area contributed by atoms with Gasteiger partial charge in [-0.15, -0.1) is 0 Å². The van der Waals surface area contributed by atoms with E-state index in [1.165, 1.54) is 0 Å². The van der Waals surface area contributed by atoms with E-state index < -0.39 is 17.5 Å². The Balaban J connectivity index is 1.81. The Kier molecular flexibility index (Phi) is 2.30. The molecule has 2 nitrogen and oxygen atoms in total. The van der Waals surface area contributed by atoms with Crippen LogP contribution in [0.5, 0.6) is 0 Å². The van der Waals surface area contributed by atoms with Crippen LogP contribution in [0, 0.1) is 17.6 Å². The summed E-state index contributed by atoms with van der Waals surface area (Å²) in [6.07, 6.45) is 3.00. The summed E-state index contributed by atoms with van der Waals surface area (Å²) in [5, 5.41) is 2.86. The second-order valence-electron chi connectivity index (χ2n) is 4.97. The lowest BCUT2D eigenvalue weighted by molar-refractivity contribution is -0.0438. The first kappa shape index (κ1) is 11.1. The molecular weight excluding hydrogens is 292 g/mol. The molecule has 3 aliphatic rings. The monoisotopic (exact) mass is 301 g/mol. The minimum Gasteiger partial charge on any atom is -0.347 e. The normalized spacial score (nSPS) is 29.2. The molecule has 3 fully saturated rings. The number of hydrogen-bond acceptors (Lipinski definition) is 1. The third kappa shape index (κ3) is 1.68. The van der Waals surface area contributed by atoms with Gasteiger partial charge >= 0.3 is 0 Å². The van der Waals surface area contributed by atoms with E-state index in [0.717, 1.165) is 37.3 Å². The Morgan fingerprint density at radius 2 is 1.82 bits per heavy atom. The maximum Gasteiger partial charge on any atom is 0.251 e. The second kappa shape index (κ2) is 3.51. The molecule has 0 aliphatic heterocycles. The lowest BCUT2D eigenvalue weighted by atomic mass is 9.50. The third-order valence-corrected chi connectivity index (χ3v) is 4.42. The first-order chi connectivity index (χ1) is 7.99. The predicted octanol–water partition coefficient (Wildman–Crippen LogP) is 3.01. The molecule has 0 spiro atoms. The van der Waals surface area contributed by atoms with Crippen LogP contribution < -0.4 is 5.32 Å². The highest BCUT2D eigenvalue weighted by Gasteiger charge is 2.57. The fourth-order valence-electron chi connectivity index (χ4n) is 2.63. The minimum atomic E-state index is -0.757. The van der Waals surface area contributed by atoms with Crippen LogP contribution in [-0.2, 0) is 0 Å². The van der Waals surface area contributed by atoms with Crippen LogP contribution in [0.3, 0.4) is 0 Å². The zero-order valence-electron chi connectivity index (χ0n) is 8.90. The number of amides is 1. The van der Waals surface area contributed by atoms with Crippen molar-refractivity contribution in [2.75, 3.05) is 0 Å². The van der Waals surface area contributed by atoms with E-state index in [2.05, 4.69) is 21.2 Å². The van der Waals surface area contributed by atoms with Crippen LogP contribution in [0.1, 0.15) is 29.6 Å². The van der Waals surface area contributed by atoms with Gasteiger partial charge in [-0.25, -0.2) is 8.78 Å². The molecule has 90 valence electrons. The van der Waals surface area contributed by atoms with Crippen molar-refractivity contribution in [2.24, 2.45) is 5.92 Å². The van der Waals surface area contributed by atoms with Gasteiger partial charge in [-0.3, -0.25) is 4.79 Å². The summed E-state index contributed by atoms with van der Waals surface area (Å²) >= 11 is 2.77. The maximum absolute atomic E-state index is 13.3. The number of carbonyl (C=O) groups excluding carboxylic acids is 1. The number of benzene rings is 1. The number of hydrogen-bond donors (Lipinski definition) is 1. The zero-order chi connectivity index (χ0) is 12.2. The molecule has 5 heteroatoms. The Labute approximate surface area is 106 Å². The largest absolute Gasteiger partial charge is 0.347 e. The minimum absolute atomic E-state index is 0.0351. The highest BCUT2D eigenvalue weighted by atomic mass is 79.9. The lowest BCUT2D eigenvalue weighted by Crippen LogP contribution is -2.68. The standard InChI is InChI=1S/C12H10BrF2NO/c13-10-8(14)1-7(2-9(10)15)11(17)16-12-3-6(4-12)5-12/h1-2,6H,3-5H2,(H,16,17). The fraction of sp³-hybridized carbons (Fsp3) is 0.417. The average molecular weight is 302 g/mol. The molecule has 0 atom stereocenters. The van der Waals surface area contributed by atoms with E-state index in [9.17, 15) is 13.6 Å². The van der Waals surface area contributed by atoms with Crippen LogP contribution >= 0.6 is 15.9 Å². The summed E-state index contributed by atoms with van der Waals surface area (Å²) in [6.45, 7) is 0. The Morgan fingerprint density at radius 3 is 2.24 bits per heavy atom. The topological polar surface area (TPSA) is 29.1 Å². The molecule has 1 aromatic rings. The van der Waals surface area contributed by atoms with Crippen molar-refractivity contribution in [1.29, 1.82) is 0 Å². The first-order valence-corrected chi connectivity index (χ1v) is 6.25. The van der Waals surface area contributed by atoms with Crippen LogP contribution in [0.15, 0.2) is 16.6 Å². The van der Waals surface area contributed by atoms with E-state index >= 15 is 0 Å². The van der Waals surface area contributed by atoms with Crippen molar-refractivity contribution in [2.45, 2.75) is 24.8 Å². The van der Waals surface area contributed by atoms with E-state index in [4.69, 9.17) is 0 Å². The van der Waals surface area contributed by atoms with E-state index in [1.807, 2.05) is 0 Å². The smallest absolute Gasteiger partial charge is 0.251 e. The summed E-state index contributed by atoms with van der Waals surface area (Å²) in [7, 11) is 0. The molecule has 0 unspecified atom stereocenters. The molecule has 1 amide bonds. The Hall–Kier alpha value is -0.970. The first-order valence-electron chi connectivity index (χ1n) is 5.46. The van der Waals surface area contributed by atoms with Crippen molar-refractivity contribution in [3.05, 3.63) is 33.8 Å². The second-order valence-corrected chi connectivity index (χ2v) is 5.76. The molecule has 4 rings (SSSR count). The quantitative estimate of drug-likeness (QED) is 0.836. The van der Waals surface area contributed by atoms with E-state index in [0.29, 0.717) is 0 Å². The van der Waals surface area contributed by atoms with Crippen LogP contribution in [0.2, 0.25) is 0 Å².